The topological polar surface area (TPSA) is 0 Å². The summed E-state index contributed by atoms with van der Waals surface area (Å²) in [5.41, 5.74) is 0. The van der Waals surface area contributed by atoms with Crippen LogP contribution in [0, 0.1) is 0 Å². The normalized spacial score (nSPS) is 16.2. The maximum atomic E-state index is 12.4. The molecule has 12 heavy (non-hydrogen) atoms. The van der Waals surface area contributed by atoms with Crippen LogP contribution in [0.2, 0.25) is 0 Å². The number of alkyl halides is 5. The first-order valence-electron chi connectivity index (χ1n) is 3.63. The van der Waals surface area contributed by atoms with Crippen LogP contribution in [0.15, 0.2) is 0 Å². The maximum absolute atomic E-state index is 12.4. The van der Waals surface area contributed by atoms with Crippen molar-refractivity contribution in [2.45, 2.75) is 44.7 Å². The van der Waals surface area contributed by atoms with Crippen molar-refractivity contribution in [1.29, 1.82) is 0 Å². The SMILES string of the molecule is CCC[C@H](F)C(F)(F)C(C)(F)F. The fourth-order valence-electron chi connectivity index (χ4n) is 0.710. The van der Waals surface area contributed by atoms with Gasteiger partial charge < -0.3 is 0 Å². The quantitative estimate of drug-likeness (QED) is 0.596. The van der Waals surface area contributed by atoms with Crippen molar-refractivity contribution in [3.63, 3.8) is 0 Å². The third-order valence-corrected chi connectivity index (χ3v) is 1.52. The van der Waals surface area contributed by atoms with Crippen LogP contribution in [0.4, 0.5) is 22.0 Å². The molecule has 0 fully saturated rings. The van der Waals surface area contributed by atoms with Gasteiger partial charge in [0.25, 0.3) is 0 Å². The fraction of sp³-hybridized carbons (Fsp3) is 1.00. The molecule has 0 aliphatic rings. The highest BCUT2D eigenvalue weighted by Gasteiger charge is 2.57. The lowest BCUT2D eigenvalue weighted by Crippen LogP contribution is -2.45. The monoisotopic (exact) mass is 190 g/mol. The molecule has 0 aromatic heterocycles. The van der Waals surface area contributed by atoms with Crippen molar-refractivity contribution in [2.24, 2.45) is 0 Å². The second-order valence-corrected chi connectivity index (χ2v) is 2.77. The molecule has 0 bridgehead atoms. The first-order valence-corrected chi connectivity index (χ1v) is 3.63. The zero-order chi connectivity index (χ0) is 9.99. The third-order valence-electron chi connectivity index (χ3n) is 1.52. The Morgan fingerprint density at radius 1 is 1.17 bits per heavy atom. The van der Waals surface area contributed by atoms with Crippen LogP contribution in [-0.2, 0) is 0 Å². The highest BCUT2D eigenvalue weighted by Crippen LogP contribution is 2.39. The maximum Gasteiger partial charge on any atom is 0.340 e. The molecule has 0 aromatic carbocycles. The van der Waals surface area contributed by atoms with Gasteiger partial charge in [-0.3, -0.25) is 0 Å². The lowest BCUT2D eigenvalue weighted by molar-refractivity contribution is -0.230. The summed E-state index contributed by atoms with van der Waals surface area (Å²) in [4.78, 5) is 0. The molecule has 0 rings (SSSR count). The summed E-state index contributed by atoms with van der Waals surface area (Å²) in [5.74, 6) is -8.84. The van der Waals surface area contributed by atoms with Crippen molar-refractivity contribution in [3.05, 3.63) is 0 Å². The molecule has 0 amide bonds. The number of halogens is 5. The second kappa shape index (κ2) is 3.58. The predicted octanol–water partition coefficient (Wildman–Crippen LogP) is 3.42. The molecule has 0 nitrogen and oxygen atoms in total. The molecule has 0 heterocycles. The van der Waals surface area contributed by atoms with Gasteiger partial charge in [0.05, 0.1) is 0 Å². The third kappa shape index (κ3) is 2.32. The highest BCUT2D eigenvalue weighted by atomic mass is 19.3. The molecular weight excluding hydrogens is 179 g/mol. The summed E-state index contributed by atoms with van der Waals surface area (Å²) in [6, 6.07) is 0. The first-order chi connectivity index (χ1) is 5.23. The molecule has 1 atom stereocenters. The standard InChI is InChI=1S/C7H11F5/c1-3-4-5(8)7(11,12)6(2,9)10/h5H,3-4H2,1-2H3/t5-/m0/s1. The molecule has 0 aliphatic heterocycles. The minimum Gasteiger partial charge on any atom is -0.241 e. The van der Waals surface area contributed by atoms with E-state index in [0.717, 1.165) is 0 Å². The van der Waals surface area contributed by atoms with Gasteiger partial charge in [-0.2, -0.15) is 8.78 Å². The molecule has 0 saturated carbocycles. The van der Waals surface area contributed by atoms with Crippen LogP contribution < -0.4 is 0 Å². The second-order valence-electron chi connectivity index (χ2n) is 2.77. The summed E-state index contributed by atoms with van der Waals surface area (Å²) in [7, 11) is 0. The Kier molecular flexibility index (Phi) is 3.47. The average molecular weight is 190 g/mol. The average Bonchev–Trinajstić information content (AvgIpc) is 1.85. The minimum absolute atomic E-state index is 0.0231. The Labute approximate surface area is 67.8 Å². The van der Waals surface area contributed by atoms with Crippen molar-refractivity contribution in [1.82, 2.24) is 0 Å². The van der Waals surface area contributed by atoms with E-state index in [0.29, 0.717) is 0 Å². The fourth-order valence-corrected chi connectivity index (χ4v) is 0.710. The number of hydrogen-bond acceptors (Lipinski definition) is 0. The van der Waals surface area contributed by atoms with E-state index in [4.69, 9.17) is 0 Å². The molecule has 74 valence electrons. The van der Waals surface area contributed by atoms with Crippen molar-refractivity contribution >= 4 is 0 Å². The van der Waals surface area contributed by atoms with Gasteiger partial charge >= 0.3 is 11.8 Å². The summed E-state index contributed by atoms with van der Waals surface area (Å²) in [6.07, 6.45) is -3.19. The van der Waals surface area contributed by atoms with Crippen LogP contribution in [0.25, 0.3) is 0 Å². The summed E-state index contributed by atoms with van der Waals surface area (Å²) < 4.78 is 61.4. The van der Waals surface area contributed by atoms with Gasteiger partial charge in [0.1, 0.15) is 0 Å². The molecule has 0 aliphatic carbocycles. The Bertz CT molecular complexity index is 137. The lowest BCUT2D eigenvalue weighted by Gasteiger charge is -2.25. The van der Waals surface area contributed by atoms with E-state index in [1.165, 1.54) is 6.92 Å². The number of hydrogen-bond donors (Lipinski definition) is 0. The van der Waals surface area contributed by atoms with E-state index in [9.17, 15) is 22.0 Å². The Hall–Kier alpha value is -0.350. The van der Waals surface area contributed by atoms with Crippen LogP contribution in [0.1, 0.15) is 26.7 Å². The van der Waals surface area contributed by atoms with Crippen LogP contribution in [0.5, 0.6) is 0 Å². The highest BCUT2D eigenvalue weighted by molar-refractivity contribution is 4.87. The van der Waals surface area contributed by atoms with E-state index in [1.807, 2.05) is 0 Å². The number of rotatable bonds is 4. The van der Waals surface area contributed by atoms with Gasteiger partial charge in [0.15, 0.2) is 6.17 Å². The lowest BCUT2D eigenvalue weighted by atomic mass is 10.0. The first kappa shape index (κ1) is 11.6. The van der Waals surface area contributed by atoms with Gasteiger partial charge in [-0.1, -0.05) is 13.3 Å². The predicted molar refractivity (Wildman–Crippen MR) is 35.4 cm³/mol. The largest absolute Gasteiger partial charge is 0.340 e. The van der Waals surface area contributed by atoms with E-state index in [1.54, 1.807) is 0 Å². The van der Waals surface area contributed by atoms with Crippen molar-refractivity contribution < 1.29 is 22.0 Å². The Morgan fingerprint density at radius 3 is 1.83 bits per heavy atom. The van der Waals surface area contributed by atoms with Crippen LogP contribution >= 0.6 is 0 Å². The van der Waals surface area contributed by atoms with E-state index >= 15 is 0 Å². The molecule has 5 heteroatoms. The van der Waals surface area contributed by atoms with E-state index in [-0.39, 0.29) is 13.3 Å². The van der Waals surface area contributed by atoms with Crippen LogP contribution in [-0.4, -0.2) is 18.0 Å². The van der Waals surface area contributed by atoms with Gasteiger partial charge in [0, 0.05) is 6.92 Å². The van der Waals surface area contributed by atoms with Crippen molar-refractivity contribution in [3.8, 4) is 0 Å². The zero-order valence-electron chi connectivity index (χ0n) is 6.88. The summed E-state index contributed by atoms with van der Waals surface area (Å²) in [5, 5.41) is 0. The molecule has 0 aromatic rings. The molecule has 0 saturated heterocycles. The van der Waals surface area contributed by atoms with Crippen LogP contribution in [0.3, 0.4) is 0 Å². The summed E-state index contributed by atoms with van der Waals surface area (Å²) in [6.45, 7) is 1.48. The molecule has 0 N–H and O–H groups in total. The van der Waals surface area contributed by atoms with Crippen molar-refractivity contribution in [2.75, 3.05) is 0 Å². The van der Waals surface area contributed by atoms with Gasteiger partial charge in [-0.05, 0) is 6.42 Å². The Morgan fingerprint density at radius 2 is 1.58 bits per heavy atom. The molecular formula is C7H11F5. The van der Waals surface area contributed by atoms with E-state index in [2.05, 4.69) is 0 Å². The van der Waals surface area contributed by atoms with Gasteiger partial charge in [-0.15, -0.1) is 0 Å². The zero-order valence-corrected chi connectivity index (χ0v) is 6.88. The Balaban J connectivity index is 4.38. The molecule has 0 spiro atoms. The van der Waals surface area contributed by atoms with E-state index < -0.39 is 24.4 Å². The molecule has 0 radical (unpaired) electrons. The molecule has 0 unspecified atom stereocenters. The van der Waals surface area contributed by atoms with Gasteiger partial charge in [0.2, 0.25) is 0 Å². The minimum atomic E-state index is -4.55. The summed E-state index contributed by atoms with van der Waals surface area (Å²) >= 11 is 0. The van der Waals surface area contributed by atoms with Gasteiger partial charge in [-0.25, -0.2) is 13.2 Å². The smallest absolute Gasteiger partial charge is 0.241 e.